The van der Waals surface area contributed by atoms with Gasteiger partial charge < -0.3 is 15.2 Å². The predicted molar refractivity (Wildman–Crippen MR) is 75.2 cm³/mol. The van der Waals surface area contributed by atoms with Crippen LogP contribution in [0.4, 0.5) is 0 Å². The number of rotatable bonds is 8. The Kier molecular flexibility index (Phi) is 7.09. The summed E-state index contributed by atoms with van der Waals surface area (Å²) in [5.41, 5.74) is 1.06. The van der Waals surface area contributed by atoms with Gasteiger partial charge in [-0.2, -0.15) is 0 Å². The van der Waals surface area contributed by atoms with E-state index >= 15 is 0 Å². The van der Waals surface area contributed by atoms with Crippen LogP contribution in [-0.4, -0.2) is 24.9 Å². The summed E-state index contributed by atoms with van der Waals surface area (Å²) in [6.45, 7) is 6.45. The zero-order chi connectivity index (χ0) is 13.4. The summed E-state index contributed by atoms with van der Waals surface area (Å²) in [6, 6.07) is 5.63. The van der Waals surface area contributed by atoms with Gasteiger partial charge in [0.25, 0.3) is 0 Å². The van der Waals surface area contributed by atoms with E-state index in [1.54, 1.807) is 0 Å². The average Bonchev–Trinajstić information content (AvgIpc) is 2.37. The highest BCUT2D eigenvalue weighted by Gasteiger charge is 2.07. The molecule has 0 spiro atoms. The Bertz CT molecular complexity index is 358. The molecule has 0 radical (unpaired) electrons. The van der Waals surface area contributed by atoms with Crippen LogP contribution < -0.4 is 10.1 Å². The average molecular weight is 272 g/mol. The Balaban J connectivity index is 2.63. The molecule has 1 aromatic carbocycles. The number of ether oxygens (including phenoxy) is 1. The fourth-order valence-electron chi connectivity index (χ4n) is 1.51. The lowest BCUT2D eigenvalue weighted by Crippen LogP contribution is -2.16. The lowest BCUT2D eigenvalue weighted by atomic mass is 10.2. The lowest BCUT2D eigenvalue weighted by Gasteiger charge is -2.15. The zero-order valence-corrected chi connectivity index (χ0v) is 11.8. The zero-order valence-electron chi connectivity index (χ0n) is 11.1. The summed E-state index contributed by atoms with van der Waals surface area (Å²) in [5, 5.41) is 13.0. The van der Waals surface area contributed by atoms with Crippen LogP contribution in [0, 0.1) is 5.92 Å². The van der Waals surface area contributed by atoms with E-state index in [1.165, 1.54) is 0 Å². The second-order valence-electron chi connectivity index (χ2n) is 4.53. The van der Waals surface area contributed by atoms with E-state index < -0.39 is 0 Å². The summed E-state index contributed by atoms with van der Waals surface area (Å²) >= 11 is 6.00. The largest absolute Gasteiger partial charge is 0.493 e. The SMILES string of the molecule is CCCNCc1cc(Cl)ccc1OCC(C)CO. The molecule has 0 bridgehead atoms. The molecule has 1 rings (SSSR count). The molecule has 0 fully saturated rings. The second kappa shape index (κ2) is 8.35. The van der Waals surface area contributed by atoms with Crippen LogP contribution in [0.3, 0.4) is 0 Å². The van der Waals surface area contributed by atoms with Crippen molar-refractivity contribution in [2.24, 2.45) is 5.92 Å². The summed E-state index contributed by atoms with van der Waals surface area (Å²) in [7, 11) is 0. The molecule has 102 valence electrons. The maximum Gasteiger partial charge on any atom is 0.123 e. The number of hydrogen-bond donors (Lipinski definition) is 2. The second-order valence-corrected chi connectivity index (χ2v) is 4.96. The van der Waals surface area contributed by atoms with Crippen molar-refractivity contribution in [3.8, 4) is 5.75 Å². The summed E-state index contributed by atoms with van der Waals surface area (Å²) < 4.78 is 5.72. The highest BCUT2D eigenvalue weighted by molar-refractivity contribution is 6.30. The number of aliphatic hydroxyl groups excluding tert-OH is 1. The topological polar surface area (TPSA) is 41.5 Å². The van der Waals surface area contributed by atoms with Crippen LogP contribution in [0.5, 0.6) is 5.75 Å². The van der Waals surface area contributed by atoms with Crippen LogP contribution in [0.15, 0.2) is 18.2 Å². The molecule has 1 aromatic rings. The highest BCUT2D eigenvalue weighted by atomic mass is 35.5. The molecule has 0 heterocycles. The van der Waals surface area contributed by atoms with Crippen LogP contribution in [0.2, 0.25) is 5.02 Å². The van der Waals surface area contributed by atoms with Gasteiger partial charge in [-0.05, 0) is 31.2 Å². The number of hydrogen-bond acceptors (Lipinski definition) is 3. The first-order valence-corrected chi connectivity index (χ1v) is 6.78. The number of aliphatic hydroxyl groups is 1. The van der Waals surface area contributed by atoms with Crippen molar-refractivity contribution in [2.45, 2.75) is 26.8 Å². The van der Waals surface area contributed by atoms with Crippen molar-refractivity contribution >= 4 is 11.6 Å². The monoisotopic (exact) mass is 271 g/mol. The first-order chi connectivity index (χ1) is 8.67. The van der Waals surface area contributed by atoms with Gasteiger partial charge >= 0.3 is 0 Å². The molecule has 0 saturated carbocycles. The van der Waals surface area contributed by atoms with E-state index in [4.69, 9.17) is 21.4 Å². The van der Waals surface area contributed by atoms with Crippen molar-refractivity contribution in [1.29, 1.82) is 0 Å². The molecule has 3 nitrogen and oxygen atoms in total. The first kappa shape index (κ1) is 15.3. The number of halogens is 1. The van der Waals surface area contributed by atoms with E-state index in [1.807, 2.05) is 25.1 Å². The van der Waals surface area contributed by atoms with Gasteiger partial charge in [0.15, 0.2) is 0 Å². The van der Waals surface area contributed by atoms with Gasteiger partial charge in [-0.1, -0.05) is 25.4 Å². The van der Waals surface area contributed by atoms with Gasteiger partial charge in [-0.3, -0.25) is 0 Å². The van der Waals surface area contributed by atoms with Gasteiger partial charge in [0.1, 0.15) is 5.75 Å². The Morgan fingerprint density at radius 2 is 2.22 bits per heavy atom. The molecule has 1 unspecified atom stereocenters. The Hall–Kier alpha value is -0.770. The molecule has 0 amide bonds. The van der Waals surface area contributed by atoms with Gasteiger partial charge in [0.2, 0.25) is 0 Å². The third-order valence-electron chi connectivity index (χ3n) is 2.60. The smallest absolute Gasteiger partial charge is 0.123 e. The van der Waals surface area contributed by atoms with E-state index in [0.717, 1.165) is 30.8 Å². The van der Waals surface area contributed by atoms with Crippen LogP contribution in [0.25, 0.3) is 0 Å². The minimum absolute atomic E-state index is 0.136. The van der Waals surface area contributed by atoms with Crippen LogP contribution in [0.1, 0.15) is 25.8 Å². The standard InChI is InChI=1S/C14H22ClNO2/c1-3-6-16-8-12-7-13(15)4-5-14(12)18-10-11(2)9-17/h4-5,7,11,16-17H,3,6,8-10H2,1-2H3. The maximum absolute atomic E-state index is 8.99. The van der Waals surface area contributed by atoms with E-state index in [2.05, 4.69) is 12.2 Å². The van der Waals surface area contributed by atoms with E-state index in [-0.39, 0.29) is 12.5 Å². The molecule has 4 heteroatoms. The lowest BCUT2D eigenvalue weighted by molar-refractivity contribution is 0.173. The molecular formula is C14H22ClNO2. The summed E-state index contributed by atoms with van der Waals surface area (Å²) in [5.74, 6) is 0.973. The Morgan fingerprint density at radius 1 is 1.44 bits per heavy atom. The molecule has 0 aromatic heterocycles. The Labute approximate surface area is 114 Å². The van der Waals surface area contributed by atoms with E-state index in [0.29, 0.717) is 11.6 Å². The highest BCUT2D eigenvalue weighted by Crippen LogP contribution is 2.23. The minimum Gasteiger partial charge on any atom is -0.493 e. The van der Waals surface area contributed by atoms with Gasteiger partial charge in [0, 0.05) is 29.7 Å². The fourth-order valence-corrected chi connectivity index (χ4v) is 1.71. The molecule has 18 heavy (non-hydrogen) atoms. The third kappa shape index (κ3) is 5.25. The van der Waals surface area contributed by atoms with Crippen molar-refractivity contribution in [3.05, 3.63) is 28.8 Å². The fraction of sp³-hybridized carbons (Fsp3) is 0.571. The third-order valence-corrected chi connectivity index (χ3v) is 2.83. The Morgan fingerprint density at radius 3 is 2.89 bits per heavy atom. The first-order valence-electron chi connectivity index (χ1n) is 6.40. The number of benzene rings is 1. The van der Waals surface area contributed by atoms with Gasteiger partial charge in [0.05, 0.1) is 6.61 Å². The van der Waals surface area contributed by atoms with Crippen molar-refractivity contribution in [3.63, 3.8) is 0 Å². The van der Waals surface area contributed by atoms with Crippen molar-refractivity contribution in [1.82, 2.24) is 5.32 Å². The minimum atomic E-state index is 0.136. The molecule has 1 atom stereocenters. The van der Waals surface area contributed by atoms with Crippen LogP contribution in [-0.2, 0) is 6.54 Å². The molecular weight excluding hydrogens is 250 g/mol. The van der Waals surface area contributed by atoms with Crippen molar-refractivity contribution in [2.75, 3.05) is 19.8 Å². The molecule has 0 saturated heterocycles. The predicted octanol–water partition coefficient (Wildman–Crippen LogP) is 2.85. The molecule has 2 N–H and O–H groups in total. The molecule has 0 aliphatic carbocycles. The summed E-state index contributed by atoms with van der Waals surface area (Å²) in [6.07, 6.45) is 1.10. The van der Waals surface area contributed by atoms with Crippen molar-refractivity contribution < 1.29 is 9.84 Å². The van der Waals surface area contributed by atoms with Crippen LogP contribution >= 0.6 is 11.6 Å². The quantitative estimate of drug-likeness (QED) is 0.715. The summed E-state index contributed by atoms with van der Waals surface area (Å²) in [4.78, 5) is 0. The number of nitrogens with one attached hydrogen (secondary N) is 1. The van der Waals surface area contributed by atoms with Gasteiger partial charge in [-0.25, -0.2) is 0 Å². The van der Waals surface area contributed by atoms with Gasteiger partial charge in [-0.15, -0.1) is 0 Å². The maximum atomic E-state index is 8.99. The molecule has 0 aliphatic heterocycles. The normalized spacial score (nSPS) is 12.4. The van der Waals surface area contributed by atoms with E-state index in [9.17, 15) is 0 Å². The molecule has 0 aliphatic rings.